The first-order valence-electron chi connectivity index (χ1n) is 10.8. The fourth-order valence-corrected chi connectivity index (χ4v) is 3.74. The van der Waals surface area contributed by atoms with Crippen molar-refractivity contribution in [3.05, 3.63) is 71.3 Å². The summed E-state index contributed by atoms with van der Waals surface area (Å²) in [4.78, 5) is 27.8. The smallest absolute Gasteiger partial charge is 0.360 e. The zero-order valence-corrected chi connectivity index (χ0v) is 19.4. The maximum atomic E-state index is 12.2. The minimum absolute atomic E-state index is 0.0601. The van der Waals surface area contributed by atoms with E-state index in [4.69, 9.17) is 19.2 Å². The van der Waals surface area contributed by atoms with Gasteiger partial charge < -0.3 is 19.2 Å². The van der Waals surface area contributed by atoms with Gasteiger partial charge in [0.2, 0.25) is 0 Å². The summed E-state index contributed by atoms with van der Waals surface area (Å²) >= 11 is 0. The average Bonchev–Trinajstić information content (AvgIpc) is 3.65. The Balaban J connectivity index is 1.83. The van der Waals surface area contributed by atoms with Gasteiger partial charge in [0.1, 0.15) is 32.2 Å². The van der Waals surface area contributed by atoms with Gasteiger partial charge in [-0.3, -0.25) is 0 Å². The van der Waals surface area contributed by atoms with E-state index in [9.17, 15) is 4.79 Å². The second-order valence-corrected chi connectivity index (χ2v) is 7.45. The van der Waals surface area contributed by atoms with Gasteiger partial charge in [0.15, 0.2) is 5.71 Å². The normalized spacial score (nSPS) is 18.5. The Bertz CT molecular complexity index is 1030. The van der Waals surface area contributed by atoms with E-state index in [0.29, 0.717) is 17.9 Å². The fraction of sp³-hybridized carbons (Fsp3) is 0.360. The van der Waals surface area contributed by atoms with E-state index in [1.54, 1.807) is 12.1 Å². The first-order chi connectivity index (χ1) is 16.1. The average molecular weight is 452 g/mol. The maximum Gasteiger partial charge on any atom is 0.360 e. The molecule has 2 aromatic rings. The molecule has 0 N–H and O–H groups in total. The summed E-state index contributed by atoms with van der Waals surface area (Å²) in [6.45, 7) is 2.14. The van der Waals surface area contributed by atoms with Gasteiger partial charge in [-0.1, -0.05) is 77.0 Å². The summed E-state index contributed by atoms with van der Waals surface area (Å²) < 4.78 is 4.84. The van der Waals surface area contributed by atoms with Crippen LogP contribution in [-0.2, 0) is 30.7 Å². The number of oxime groups is 3. The van der Waals surface area contributed by atoms with E-state index < -0.39 is 5.97 Å². The minimum Gasteiger partial charge on any atom is -0.464 e. The highest BCUT2D eigenvalue weighted by atomic mass is 16.6. The molecule has 1 saturated carbocycles. The Morgan fingerprint density at radius 2 is 1.64 bits per heavy atom. The number of methoxy groups -OCH3 is 1. The van der Waals surface area contributed by atoms with Crippen LogP contribution in [0.1, 0.15) is 42.4 Å². The van der Waals surface area contributed by atoms with E-state index in [1.807, 2.05) is 37.3 Å². The summed E-state index contributed by atoms with van der Waals surface area (Å²) in [5, 5.41) is 12.5. The number of rotatable bonds is 11. The van der Waals surface area contributed by atoms with Gasteiger partial charge in [0, 0.05) is 17.0 Å². The highest BCUT2D eigenvalue weighted by Gasteiger charge is 2.44. The van der Waals surface area contributed by atoms with Crippen molar-refractivity contribution in [2.24, 2.45) is 21.4 Å². The van der Waals surface area contributed by atoms with E-state index in [1.165, 1.54) is 26.9 Å². The summed E-state index contributed by atoms with van der Waals surface area (Å²) in [6, 6.07) is 17.6. The zero-order chi connectivity index (χ0) is 23.6. The Morgan fingerprint density at radius 1 is 0.939 bits per heavy atom. The monoisotopic (exact) mass is 451 g/mol. The van der Waals surface area contributed by atoms with E-state index in [0.717, 1.165) is 23.4 Å². The molecule has 0 saturated heterocycles. The van der Waals surface area contributed by atoms with E-state index >= 15 is 0 Å². The number of carbonyl (C=O) groups is 1. The molecule has 3 rings (SSSR count). The van der Waals surface area contributed by atoms with Crippen LogP contribution in [0, 0.1) is 5.92 Å². The van der Waals surface area contributed by atoms with Gasteiger partial charge in [-0.15, -0.1) is 0 Å². The quantitative estimate of drug-likeness (QED) is 0.289. The third-order valence-corrected chi connectivity index (χ3v) is 5.42. The van der Waals surface area contributed by atoms with E-state index in [-0.39, 0.29) is 18.2 Å². The first kappa shape index (κ1) is 24.0. The molecular weight excluding hydrogens is 422 g/mol. The lowest BCUT2D eigenvalue weighted by atomic mass is 10.0. The number of hydrogen-bond donors (Lipinski definition) is 0. The van der Waals surface area contributed by atoms with Crippen molar-refractivity contribution in [3.8, 4) is 0 Å². The second-order valence-electron chi connectivity index (χ2n) is 7.45. The van der Waals surface area contributed by atoms with Crippen LogP contribution < -0.4 is 0 Å². The number of benzene rings is 2. The SMILES string of the molecule is CCC(=NOC)C(=NOCc1ccccc1/C(=N\OC)C(=O)OC)[C@@H]1C[C@H]1c1ccccc1. The van der Waals surface area contributed by atoms with Crippen molar-refractivity contribution in [1.29, 1.82) is 0 Å². The van der Waals surface area contributed by atoms with Gasteiger partial charge in [-0.25, -0.2) is 4.79 Å². The van der Waals surface area contributed by atoms with Crippen LogP contribution in [0.25, 0.3) is 0 Å². The largest absolute Gasteiger partial charge is 0.464 e. The minimum atomic E-state index is -0.599. The molecule has 1 aliphatic rings. The zero-order valence-electron chi connectivity index (χ0n) is 19.4. The van der Waals surface area contributed by atoms with Crippen molar-refractivity contribution in [1.82, 2.24) is 0 Å². The van der Waals surface area contributed by atoms with Gasteiger partial charge >= 0.3 is 5.97 Å². The number of esters is 1. The molecule has 0 aromatic heterocycles. The van der Waals surface area contributed by atoms with Crippen LogP contribution in [0.15, 0.2) is 70.1 Å². The molecule has 1 fully saturated rings. The van der Waals surface area contributed by atoms with Crippen LogP contribution in [0.5, 0.6) is 0 Å². The second kappa shape index (κ2) is 11.8. The molecule has 2 aromatic carbocycles. The molecule has 0 aliphatic heterocycles. The first-order valence-corrected chi connectivity index (χ1v) is 10.8. The molecule has 0 heterocycles. The predicted octanol–water partition coefficient (Wildman–Crippen LogP) is 4.30. The molecule has 174 valence electrons. The van der Waals surface area contributed by atoms with Crippen molar-refractivity contribution in [2.45, 2.75) is 32.3 Å². The molecule has 0 spiro atoms. The Labute approximate surface area is 193 Å². The topological polar surface area (TPSA) is 91.1 Å². The molecule has 1 aliphatic carbocycles. The van der Waals surface area contributed by atoms with Crippen LogP contribution in [-0.4, -0.2) is 44.4 Å². The number of ether oxygens (including phenoxy) is 1. The molecule has 2 atom stereocenters. The van der Waals surface area contributed by atoms with Gasteiger partial charge in [-0.2, -0.15) is 0 Å². The molecule has 0 unspecified atom stereocenters. The third-order valence-electron chi connectivity index (χ3n) is 5.42. The summed E-state index contributed by atoms with van der Waals surface area (Å²) in [7, 11) is 4.19. The third kappa shape index (κ3) is 5.97. The molecule has 8 heteroatoms. The number of hydrogen-bond acceptors (Lipinski definition) is 8. The Morgan fingerprint density at radius 3 is 2.30 bits per heavy atom. The van der Waals surface area contributed by atoms with E-state index in [2.05, 4.69) is 27.6 Å². The lowest BCUT2D eigenvalue weighted by molar-refractivity contribution is -0.132. The highest BCUT2D eigenvalue weighted by molar-refractivity contribution is 6.44. The molecule has 8 nitrogen and oxygen atoms in total. The van der Waals surface area contributed by atoms with Crippen molar-refractivity contribution >= 4 is 23.1 Å². The lowest BCUT2D eigenvalue weighted by Gasteiger charge is -2.11. The van der Waals surface area contributed by atoms with Gasteiger partial charge in [0.25, 0.3) is 0 Å². The van der Waals surface area contributed by atoms with Crippen molar-refractivity contribution in [2.75, 3.05) is 21.3 Å². The molecule has 0 amide bonds. The predicted molar refractivity (Wildman–Crippen MR) is 126 cm³/mol. The van der Waals surface area contributed by atoms with Crippen LogP contribution >= 0.6 is 0 Å². The van der Waals surface area contributed by atoms with Crippen LogP contribution in [0.3, 0.4) is 0 Å². The fourth-order valence-electron chi connectivity index (χ4n) is 3.74. The maximum absolute atomic E-state index is 12.2. The molecule has 0 bridgehead atoms. The Hall–Kier alpha value is -3.68. The lowest BCUT2D eigenvalue weighted by Crippen LogP contribution is -2.20. The molecule has 33 heavy (non-hydrogen) atoms. The summed E-state index contributed by atoms with van der Waals surface area (Å²) in [5.74, 6) is -0.0240. The number of carbonyl (C=O) groups excluding carboxylic acids is 1. The summed E-state index contributed by atoms with van der Waals surface area (Å²) in [5.41, 5.74) is 4.14. The van der Waals surface area contributed by atoms with Crippen molar-refractivity contribution < 1.29 is 24.0 Å². The highest BCUT2D eigenvalue weighted by Crippen LogP contribution is 2.48. The van der Waals surface area contributed by atoms with Crippen LogP contribution in [0.4, 0.5) is 0 Å². The van der Waals surface area contributed by atoms with Crippen molar-refractivity contribution in [3.63, 3.8) is 0 Å². The summed E-state index contributed by atoms with van der Waals surface area (Å²) in [6.07, 6.45) is 1.64. The van der Waals surface area contributed by atoms with Gasteiger partial charge in [-0.05, 0) is 24.3 Å². The van der Waals surface area contributed by atoms with Gasteiger partial charge in [0.05, 0.1) is 7.11 Å². The molecular formula is C25H29N3O5. The standard InChI is InChI=1S/C25H29N3O5/c1-5-22(26-31-3)23(21-15-20(21)17-11-7-6-8-12-17)28-33-16-18-13-9-10-14-19(18)24(27-32-4)25(29)30-2/h6-14,20-21H,5,15-16H2,1-4H3/b26-22?,27-24+,28-23?/t20-,21+/m0/s1. The Kier molecular flexibility index (Phi) is 8.57. The molecule has 0 radical (unpaired) electrons. The van der Waals surface area contributed by atoms with Crippen LogP contribution in [0.2, 0.25) is 0 Å². The number of nitrogens with zero attached hydrogens (tertiary/aromatic N) is 3.